The molecule has 0 aliphatic rings. The number of ether oxygens (including phenoxy) is 1. The van der Waals surface area contributed by atoms with Gasteiger partial charge < -0.3 is 9.72 Å². The Labute approximate surface area is 155 Å². The van der Waals surface area contributed by atoms with Gasteiger partial charge in [0.15, 0.2) is 6.10 Å². The van der Waals surface area contributed by atoms with Gasteiger partial charge in [0.1, 0.15) is 17.4 Å². The van der Waals surface area contributed by atoms with Crippen LogP contribution in [0.3, 0.4) is 0 Å². The number of nitriles is 1. The third-order valence-corrected chi connectivity index (χ3v) is 4.31. The number of carbonyl (C=O) groups is 2. The van der Waals surface area contributed by atoms with Crippen LogP contribution in [-0.2, 0) is 16.0 Å². The molecule has 1 aromatic heterocycles. The van der Waals surface area contributed by atoms with E-state index >= 15 is 0 Å². The van der Waals surface area contributed by atoms with Gasteiger partial charge in [-0.1, -0.05) is 0 Å². The number of rotatable bonds is 6. The maximum absolute atomic E-state index is 12.9. The first-order valence-corrected chi connectivity index (χ1v) is 8.36. The van der Waals surface area contributed by atoms with Crippen molar-refractivity contribution in [2.45, 2.75) is 39.7 Å². The first kappa shape index (κ1) is 20.0. The van der Waals surface area contributed by atoms with Crippen LogP contribution < -0.4 is 5.56 Å². The molecule has 0 saturated carbocycles. The Morgan fingerprint density at radius 1 is 1.26 bits per heavy atom. The van der Waals surface area contributed by atoms with Gasteiger partial charge in [-0.05, 0) is 62.6 Å². The first-order valence-electron chi connectivity index (χ1n) is 8.36. The standard InChI is InChI=1S/C20H19FN2O4/c1-11-16(12(2)23-20(26)17(11)10-22)8-9-18(24)27-13(3)19(25)14-4-6-15(21)7-5-14/h4-7,13H,8-9H2,1-3H3,(H,23,26)/t13-/m1/s1. The Bertz CT molecular complexity index is 971. The van der Waals surface area contributed by atoms with E-state index in [1.807, 2.05) is 6.07 Å². The van der Waals surface area contributed by atoms with Crippen LogP contribution in [0.1, 0.15) is 46.1 Å². The third-order valence-electron chi connectivity index (χ3n) is 4.31. The molecule has 2 rings (SSSR count). The first-order chi connectivity index (χ1) is 12.7. The van der Waals surface area contributed by atoms with Crippen LogP contribution in [0.25, 0.3) is 0 Å². The van der Waals surface area contributed by atoms with Crippen LogP contribution in [0.2, 0.25) is 0 Å². The van der Waals surface area contributed by atoms with Crippen LogP contribution in [0.15, 0.2) is 29.1 Å². The number of aromatic amines is 1. The van der Waals surface area contributed by atoms with E-state index in [0.717, 1.165) is 12.1 Å². The fraction of sp³-hybridized carbons (Fsp3) is 0.300. The van der Waals surface area contributed by atoms with Crippen LogP contribution in [0, 0.1) is 31.0 Å². The molecule has 0 amide bonds. The molecule has 1 N–H and O–H groups in total. The van der Waals surface area contributed by atoms with E-state index in [1.54, 1.807) is 13.8 Å². The number of carbonyl (C=O) groups excluding carboxylic acids is 2. The molecule has 140 valence electrons. The van der Waals surface area contributed by atoms with Crippen LogP contribution in [0.4, 0.5) is 4.39 Å². The summed E-state index contributed by atoms with van der Waals surface area (Å²) in [7, 11) is 0. The molecule has 2 aromatic rings. The molecule has 0 saturated heterocycles. The predicted octanol–water partition coefficient (Wildman–Crippen LogP) is 2.75. The molecule has 1 heterocycles. The fourth-order valence-corrected chi connectivity index (χ4v) is 2.81. The van der Waals surface area contributed by atoms with Crippen molar-refractivity contribution < 1.29 is 18.7 Å². The van der Waals surface area contributed by atoms with Crippen LogP contribution in [-0.4, -0.2) is 22.8 Å². The Morgan fingerprint density at radius 2 is 1.89 bits per heavy atom. The number of hydrogen-bond acceptors (Lipinski definition) is 5. The molecule has 0 radical (unpaired) electrons. The maximum atomic E-state index is 12.9. The summed E-state index contributed by atoms with van der Waals surface area (Å²) in [5.41, 5.74) is 1.62. The van der Waals surface area contributed by atoms with E-state index < -0.39 is 29.2 Å². The van der Waals surface area contributed by atoms with Crippen molar-refractivity contribution in [2.24, 2.45) is 0 Å². The number of pyridine rings is 1. The highest BCUT2D eigenvalue weighted by molar-refractivity contribution is 6.00. The molecule has 0 spiro atoms. The molecule has 0 aliphatic carbocycles. The predicted molar refractivity (Wildman–Crippen MR) is 95.9 cm³/mol. The van der Waals surface area contributed by atoms with E-state index in [-0.39, 0.29) is 24.0 Å². The summed E-state index contributed by atoms with van der Waals surface area (Å²) in [6.07, 6.45) is -0.755. The number of nitrogens with one attached hydrogen (secondary N) is 1. The number of esters is 1. The number of halogens is 1. The van der Waals surface area contributed by atoms with E-state index in [9.17, 15) is 18.8 Å². The molecule has 0 bridgehead atoms. The van der Waals surface area contributed by atoms with E-state index in [0.29, 0.717) is 16.8 Å². The Hall–Kier alpha value is -3.27. The topological polar surface area (TPSA) is 100 Å². The van der Waals surface area contributed by atoms with E-state index in [2.05, 4.69) is 4.98 Å². The number of Topliss-reactive ketones (excluding diaryl/α,β-unsaturated/α-hetero) is 1. The van der Waals surface area contributed by atoms with Crippen molar-refractivity contribution in [3.05, 3.63) is 68.4 Å². The minimum absolute atomic E-state index is 0.0143. The summed E-state index contributed by atoms with van der Waals surface area (Å²) in [5.74, 6) is -1.47. The number of benzene rings is 1. The quantitative estimate of drug-likeness (QED) is 0.622. The number of ketones is 1. The van der Waals surface area contributed by atoms with Gasteiger partial charge in [0.05, 0.1) is 0 Å². The maximum Gasteiger partial charge on any atom is 0.306 e. The summed E-state index contributed by atoms with van der Waals surface area (Å²) in [6.45, 7) is 4.80. The molecule has 7 heteroatoms. The molecule has 1 aromatic carbocycles. The van der Waals surface area contributed by atoms with Crippen molar-refractivity contribution in [3.8, 4) is 6.07 Å². The van der Waals surface area contributed by atoms with Crippen molar-refractivity contribution in [1.29, 1.82) is 5.26 Å². The van der Waals surface area contributed by atoms with Gasteiger partial charge in [-0.25, -0.2) is 4.39 Å². The second kappa shape index (κ2) is 8.41. The van der Waals surface area contributed by atoms with Gasteiger partial charge in [-0.15, -0.1) is 0 Å². The number of aryl methyl sites for hydroxylation is 1. The lowest BCUT2D eigenvalue weighted by atomic mass is 9.99. The van der Waals surface area contributed by atoms with Gasteiger partial charge >= 0.3 is 5.97 Å². The monoisotopic (exact) mass is 370 g/mol. The van der Waals surface area contributed by atoms with Crippen LogP contribution in [0.5, 0.6) is 0 Å². The number of nitrogens with zero attached hydrogens (tertiary/aromatic N) is 1. The van der Waals surface area contributed by atoms with Gasteiger partial charge in [0.25, 0.3) is 5.56 Å². The Morgan fingerprint density at radius 3 is 2.48 bits per heavy atom. The second-order valence-electron chi connectivity index (χ2n) is 6.17. The van der Waals surface area contributed by atoms with Crippen molar-refractivity contribution >= 4 is 11.8 Å². The molecule has 0 aliphatic heterocycles. The third kappa shape index (κ3) is 4.67. The van der Waals surface area contributed by atoms with Gasteiger partial charge in [-0.3, -0.25) is 14.4 Å². The molecular formula is C20H19FN2O4. The zero-order valence-corrected chi connectivity index (χ0v) is 15.3. The molecular weight excluding hydrogens is 351 g/mol. The number of hydrogen-bond donors (Lipinski definition) is 1. The Balaban J connectivity index is 2.02. The lowest BCUT2D eigenvalue weighted by Gasteiger charge is -2.14. The molecule has 6 nitrogen and oxygen atoms in total. The average molecular weight is 370 g/mol. The zero-order valence-electron chi connectivity index (χ0n) is 15.3. The van der Waals surface area contributed by atoms with Gasteiger partial charge in [0.2, 0.25) is 5.78 Å². The highest BCUT2D eigenvalue weighted by Gasteiger charge is 2.20. The normalized spacial score (nSPS) is 11.5. The number of H-pyrrole nitrogens is 1. The highest BCUT2D eigenvalue weighted by Crippen LogP contribution is 2.16. The second-order valence-corrected chi connectivity index (χ2v) is 6.17. The lowest BCUT2D eigenvalue weighted by Crippen LogP contribution is -2.25. The molecule has 0 unspecified atom stereocenters. The molecule has 1 atom stereocenters. The van der Waals surface area contributed by atoms with E-state index in [1.165, 1.54) is 19.1 Å². The van der Waals surface area contributed by atoms with Crippen molar-refractivity contribution in [3.63, 3.8) is 0 Å². The summed E-state index contributed by atoms with van der Waals surface area (Å²) in [5, 5.41) is 9.07. The largest absolute Gasteiger partial charge is 0.454 e. The fourth-order valence-electron chi connectivity index (χ4n) is 2.81. The molecule has 27 heavy (non-hydrogen) atoms. The van der Waals surface area contributed by atoms with Gasteiger partial charge in [-0.2, -0.15) is 5.26 Å². The lowest BCUT2D eigenvalue weighted by molar-refractivity contribution is -0.146. The zero-order chi connectivity index (χ0) is 20.1. The summed E-state index contributed by atoms with van der Waals surface area (Å²) in [4.78, 5) is 38.6. The summed E-state index contributed by atoms with van der Waals surface area (Å²) in [6, 6.07) is 6.85. The summed E-state index contributed by atoms with van der Waals surface area (Å²) < 4.78 is 18.1. The van der Waals surface area contributed by atoms with Gasteiger partial charge in [0, 0.05) is 17.7 Å². The number of aromatic nitrogens is 1. The highest BCUT2D eigenvalue weighted by atomic mass is 19.1. The SMILES string of the molecule is Cc1[nH]c(=O)c(C#N)c(C)c1CCC(=O)O[C@H](C)C(=O)c1ccc(F)cc1. The van der Waals surface area contributed by atoms with Crippen LogP contribution >= 0.6 is 0 Å². The average Bonchev–Trinajstić information content (AvgIpc) is 2.61. The minimum atomic E-state index is -1.00. The smallest absolute Gasteiger partial charge is 0.306 e. The van der Waals surface area contributed by atoms with Crippen molar-refractivity contribution in [2.75, 3.05) is 0 Å². The molecule has 0 fully saturated rings. The summed E-state index contributed by atoms with van der Waals surface area (Å²) >= 11 is 0. The van der Waals surface area contributed by atoms with E-state index in [4.69, 9.17) is 10.00 Å². The minimum Gasteiger partial charge on any atom is -0.454 e. The Kier molecular flexibility index (Phi) is 6.24. The van der Waals surface area contributed by atoms with Crippen molar-refractivity contribution in [1.82, 2.24) is 4.98 Å².